The summed E-state index contributed by atoms with van der Waals surface area (Å²) in [4.78, 5) is 12.7. The summed E-state index contributed by atoms with van der Waals surface area (Å²) in [5.41, 5.74) is -0.211. The molecule has 2 aromatic carbocycles. The van der Waals surface area contributed by atoms with Gasteiger partial charge in [-0.05, 0) is 79.2 Å². The van der Waals surface area contributed by atoms with Crippen molar-refractivity contribution in [2.24, 2.45) is 17.8 Å². The smallest absolute Gasteiger partial charge is 0.329 e. The van der Waals surface area contributed by atoms with Crippen LogP contribution >= 0.6 is 0 Å². The number of carbonyl (C=O) groups is 1. The second-order valence-corrected chi connectivity index (χ2v) is 10.4. The van der Waals surface area contributed by atoms with Crippen LogP contribution in [-0.4, -0.2) is 20.0 Å². The summed E-state index contributed by atoms with van der Waals surface area (Å²) in [5.74, 6) is 2.07. The molecule has 27 heavy (non-hydrogen) atoms. The van der Waals surface area contributed by atoms with Crippen LogP contribution in [0.15, 0.2) is 47.4 Å². The largest absolute Gasteiger partial charge is 0.332 e. The van der Waals surface area contributed by atoms with Gasteiger partial charge in [-0.15, -0.1) is 0 Å². The van der Waals surface area contributed by atoms with Crippen LogP contribution < -0.4 is 10.0 Å². The van der Waals surface area contributed by atoms with E-state index in [-0.39, 0.29) is 10.4 Å². The third kappa shape index (κ3) is 3.10. The van der Waals surface area contributed by atoms with Crippen LogP contribution in [0.25, 0.3) is 10.8 Å². The summed E-state index contributed by atoms with van der Waals surface area (Å²) in [6.07, 6.45) is 6.79. The van der Waals surface area contributed by atoms with Gasteiger partial charge in [0.2, 0.25) is 0 Å². The Morgan fingerprint density at radius 1 is 0.889 bits per heavy atom. The molecule has 0 unspecified atom stereocenters. The third-order valence-electron chi connectivity index (χ3n) is 6.68. The van der Waals surface area contributed by atoms with E-state index in [1.54, 1.807) is 18.2 Å². The average Bonchev–Trinajstić information content (AvgIpc) is 2.59. The fourth-order valence-corrected chi connectivity index (χ4v) is 6.99. The number of benzene rings is 2. The van der Waals surface area contributed by atoms with E-state index in [4.69, 9.17) is 0 Å². The molecule has 0 atom stereocenters. The van der Waals surface area contributed by atoms with Crippen LogP contribution in [0.2, 0.25) is 0 Å². The van der Waals surface area contributed by atoms with E-state index in [9.17, 15) is 13.2 Å². The van der Waals surface area contributed by atoms with Crippen LogP contribution in [0.3, 0.4) is 0 Å². The van der Waals surface area contributed by atoms with E-state index in [2.05, 4.69) is 10.0 Å². The maximum absolute atomic E-state index is 12.7. The number of carbonyl (C=O) groups excluding carboxylic acids is 1. The second kappa shape index (κ2) is 5.96. The molecule has 0 saturated heterocycles. The number of fused-ring (bicyclic) bond motifs is 1. The van der Waals surface area contributed by atoms with Gasteiger partial charge in [-0.25, -0.2) is 17.9 Å². The zero-order chi connectivity index (χ0) is 18.6. The molecule has 2 aromatic rings. The predicted octanol–water partition coefficient (Wildman–Crippen LogP) is 3.80. The first-order valence-corrected chi connectivity index (χ1v) is 11.2. The van der Waals surface area contributed by atoms with Crippen molar-refractivity contribution in [3.8, 4) is 0 Å². The van der Waals surface area contributed by atoms with Gasteiger partial charge in [0.05, 0.1) is 4.90 Å². The Kier molecular flexibility index (Phi) is 3.76. The van der Waals surface area contributed by atoms with Gasteiger partial charge in [0.15, 0.2) is 0 Å². The maximum Gasteiger partial charge on any atom is 0.329 e. The highest BCUT2D eigenvalue weighted by atomic mass is 32.2. The van der Waals surface area contributed by atoms with Crippen LogP contribution in [-0.2, 0) is 10.0 Å². The van der Waals surface area contributed by atoms with Gasteiger partial charge >= 0.3 is 6.03 Å². The molecular weight excluding hydrogens is 360 g/mol. The number of hydrogen-bond acceptors (Lipinski definition) is 3. The monoisotopic (exact) mass is 384 g/mol. The zero-order valence-electron chi connectivity index (χ0n) is 15.1. The van der Waals surface area contributed by atoms with Crippen molar-refractivity contribution in [3.05, 3.63) is 42.5 Å². The molecule has 142 valence electrons. The molecule has 4 aliphatic carbocycles. The molecular formula is C21H24N2O3S. The van der Waals surface area contributed by atoms with Crippen LogP contribution in [0, 0.1) is 17.8 Å². The summed E-state index contributed by atoms with van der Waals surface area (Å²) in [6.45, 7) is 0. The SMILES string of the molecule is O=C(NC12CC3CC(CC(C3)C1)C2)NS(=O)(=O)c1ccc2ccccc2c1. The fourth-order valence-electron chi connectivity index (χ4n) is 6.05. The van der Waals surface area contributed by atoms with E-state index in [0.717, 1.165) is 30.0 Å². The molecule has 6 heteroatoms. The lowest BCUT2D eigenvalue weighted by Crippen LogP contribution is -2.61. The van der Waals surface area contributed by atoms with Gasteiger partial charge in [0.25, 0.3) is 10.0 Å². The summed E-state index contributed by atoms with van der Waals surface area (Å²) < 4.78 is 27.6. The number of rotatable bonds is 3. The Hall–Kier alpha value is -2.08. The summed E-state index contributed by atoms with van der Waals surface area (Å²) >= 11 is 0. The number of amides is 2. The maximum atomic E-state index is 12.7. The third-order valence-corrected chi connectivity index (χ3v) is 8.00. The lowest BCUT2D eigenvalue weighted by atomic mass is 9.53. The van der Waals surface area contributed by atoms with Crippen molar-refractivity contribution in [2.45, 2.75) is 49.0 Å². The molecule has 2 amide bonds. The Bertz CT molecular complexity index is 980. The van der Waals surface area contributed by atoms with Crippen molar-refractivity contribution >= 4 is 26.8 Å². The normalized spacial score (nSPS) is 31.8. The van der Waals surface area contributed by atoms with Crippen molar-refractivity contribution in [3.63, 3.8) is 0 Å². The van der Waals surface area contributed by atoms with E-state index >= 15 is 0 Å². The molecule has 4 bridgehead atoms. The number of nitrogens with one attached hydrogen (secondary N) is 2. The van der Waals surface area contributed by atoms with Crippen LogP contribution in [0.1, 0.15) is 38.5 Å². The highest BCUT2D eigenvalue weighted by molar-refractivity contribution is 7.90. The topological polar surface area (TPSA) is 75.3 Å². The lowest BCUT2D eigenvalue weighted by Gasteiger charge is -2.56. The van der Waals surface area contributed by atoms with Gasteiger partial charge < -0.3 is 5.32 Å². The molecule has 0 heterocycles. The molecule has 0 spiro atoms. The Labute approximate surface area is 159 Å². The minimum absolute atomic E-state index is 0.113. The van der Waals surface area contributed by atoms with Crippen molar-refractivity contribution in [2.75, 3.05) is 0 Å². The van der Waals surface area contributed by atoms with Gasteiger partial charge in [0.1, 0.15) is 0 Å². The lowest BCUT2D eigenvalue weighted by molar-refractivity contribution is -0.0132. The molecule has 2 N–H and O–H groups in total. The average molecular weight is 385 g/mol. The fraction of sp³-hybridized carbons (Fsp3) is 0.476. The van der Waals surface area contributed by atoms with E-state index < -0.39 is 16.1 Å². The predicted molar refractivity (Wildman–Crippen MR) is 104 cm³/mol. The Morgan fingerprint density at radius 2 is 1.48 bits per heavy atom. The molecule has 0 aromatic heterocycles. The van der Waals surface area contributed by atoms with Crippen LogP contribution in [0.4, 0.5) is 4.79 Å². The van der Waals surface area contributed by atoms with Gasteiger partial charge in [-0.1, -0.05) is 30.3 Å². The molecule has 4 saturated carbocycles. The Balaban J connectivity index is 1.33. The number of sulfonamides is 1. The highest BCUT2D eigenvalue weighted by Gasteiger charge is 2.51. The van der Waals surface area contributed by atoms with Gasteiger partial charge in [-0.3, -0.25) is 0 Å². The molecule has 0 radical (unpaired) electrons. The summed E-state index contributed by atoms with van der Waals surface area (Å²) in [6, 6.07) is 11.9. The molecule has 4 aliphatic rings. The minimum Gasteiger partial charge on any atom is -0.332 e. The molecule has 5 nitrogen and oxygen atoms in total. The van der Waals surface area contributed by atoms with Crippen molar-refractivity contribution in [1.29, 1.82) is 0 Å². The zero-order valence-corrected chi connectivity index (χ0v) is 16.0. The first-order chi connectivity index (χ1) is 12.9. The summed E-state index contributed by atoms with van der Waals surface area (Å²) in [5, 5.41) is 4.86. The standard InChI is InChI=1S/C21H24N2O3S/c24-20(22-21-11-14-7-15(12-21)9-16(8-14)13-21)23-27(25,26)19-6-5-17-3-1-2-4-18(17)10-19/h1-6,10,14-16H,7-9,11-13H2,(H2,22,23,24). The van der Waals surface area contributed by atoms with Gasteiger partial charge in [-0.2, -0.15) is 0 Å². The molecule has 4 fully saturated rings. The number of hydrogen-bond donors (Lipinski definition) is 2. The Morgan fingerprint density at radius 3 is 2.11 bits per heavy atom. The molecule has 6 rings (SSSR count). The first kappa shape index (κ1) is 17.0. The van der Waals surface area contributed by atoms with E-state index in [1.165, 1.54) is 19.3 Å². The minimum atomic E-state index is -3.90. The van der Waals surface area contributed by atoms with E-state index in [1.807, 2.05) is 24.3 Å². The van der Waals surface area contributed by atoms with E-state index in [0.29, 0.717) is 17.8 Å². The molecule has 0 aliphatic heterocycles. The summed E-state index contributed by atoms with van der Waals surface area (Å²) in [7, 11) is -3.90. The highest BCUT2D eigenvalue weighted by Crippen LogP contribution is 2.55. The second-order valence-electron chi connectivity index (χ2n) is 8.77. The van der Waals surface area contributed by atoms with Gasteiger partial charge in [0, 0.05) is 5.54 Å². The number of urea groups is 1. The first-order valence-electron chi connectivity index (χ1n) is 9.75. The quantitative estimate of drug-likeness (QED) is 0.845. The van der Waals surface area contributed by atoms with Crippen molar-refractivity contribution in [1.82, 2.24) is 10.0 Å². The van der Waals surface area contributed by atoms with Crippen molar-refractivity contribution < 1.29 is 13.2 Å². The van der Waals surface area contributed by atoms with Crippen LogP contribution in [0.5, 0.6) is 0 Å².